The summed E-state index contributed by atoms with van der Waals surface area (Å²) in [7, 11) is 1.70. The molecule has 0 unspecified atom stereocenters. The van der Waals surface area contributed by atoms with Crippen LogP contribution in [0.4, 0.5) is 10.7 Å². The molecular formula is C18H20N4O2S. The molecule has 130 valence electrons. The number of carbonyl (C=O) groups is 2. The maximum absolute atomic E-state index is 12.2. The molecule has 2 amide bonds. The Labute approximate surface area is 151 Å². The van der Waals surface area contributed by atoms with Crippen LogP contribution < -0.4 is 10.6 Å². The summed E-state index contributed by atoms with van der Waals surface area (Å²) in [6, 6.07) is 9.49. The molecule has 0 atom stereocenters. The van der Waals surface area contributed by atoms with Gasteiger partial charge in [0.2, 0.25) is 11.8 Å². The van der Waals surface area contributed by atoms with Gasteiger partial charge in [0.25, 0.3) is 0 Å². The number of anilines is 2. The van der Waals surface area contributed by atoms with Crippen molar-refractivity contribution in [2.24, 2.45) is 0 Å². The molecule has 6 nitrogen and oxygen atoms in total. The van der Waals surface area contributed by atoms with E-state index in [0.717, 1.165) is 16.8 Å². The largest absolute Gasteiger partial charge is 0.324 e. The number of likely N-dealkylation sites (N-methyl/N-ethyl adjacent to an activating group) is 1. The summed E-state index contributed by atoms with van der Waals surface area (Å²) in [6.07, 6.45) is 0. The van der Waals surface area contributed by atoms with Crippen molar-refractivity contribution < 1.29 is 9.59 Å². The smallest absolute Gasteiger partial charge is 0.239 e. The second-order valence-corrected chi connectivity index (χ2v) is 6.73. The van der Waals surface area contributed by atoms with Gasteiger partial charge in [-0.1, -0.05) is 18.2 Å². The molecule has 0 radical (unpaired) electrons. The van der Waals surface area contributed by atoms with Gasteiger partial charge in [0.05, 0.1) is 18.7 Å². The topological polar surface area (TPSA) is 85.2 Å². The standard InChI is InChI=1S/C18H20N4O2S/c1-12-5-4-6-13(2)17(12)20-15(23)10-22(3)11-16(24)21-18-14(9-19)7-8-25-18/h4-8H,10-11H2,1-3H3,(H,20,23)(H,21,24). The number of para-hydroxylation sites is 1. The number of rotatable bonds is 6. The van der Waals surface area contributed by atoms with Gasteiger partial charge in [-0.15, -0.1) is 11.3 Å². The molecule has 0 saturated carbocycles. The van der Waals surface area contributed by atoms with Crippen molar-refractivity contribution >= 4 is 33.8 Å². The predicted molar refractivity (Wildman–Crippen MR) is 99.7 cm³/mol. The minimum Gasteiger partial charge on any atom is -0.324 e. The lowest BCUT2D eigenvalue weighted by atomic mass is 10.1. The highest BCUT2D eigenvalue weighted by molar-refractivity contribution is 7.14. The highest BCUT2D eigenvalue weighted by Crippen LogP contribution is 2.22. The molecule has 0 aliphatic heterocycles. The summed E-state index contributed by atoms with van der Waals surface area (Å²) in [4.78, 5) is 25.9. The van der Waals surface area contributed by atoms with Crippen LogP contribution in [0.15, 0.2) is 29.6 Å². The van der Waals surface area contributed by atoms with Crippen LogP contribution in [0.1, 0.15) is 16.7 Å². The second-order valence-electron chi connectivity index (χ2n) is 5.81. The van der Waals surface area contributed by atoms with E-state index in [2.05, 4.69) is 10.6 Å². The minimum atomic E-state index is -0.263. The monoisotopic (exact) mass is 356 g/mol. The number of carbonyl (C=O) groups excluding carboxylic acids is 2. The minimum absolute atomic E-state index is 0.0585. The first kappa shape index (κ1) is 18.6. The number of hydrogen-bond donors (Lipinski definition) is 2. The number of aryl methyl sites for hydroxylation is 2. The van der Waals surface area contributed by atoms with E-state index in [1.807, 2.05) is 38.1 Å². The van der Waals surface area contributed by atoms with Gasteiger partial charge in [-0.05, 0) is 43.5 Å². The molecule has 2 N–H and O–H groups in total. The van der Waals surface area contributed by atoms with E-state index in [1.54, 1.807) is 23.4 Å². The summed E-state index contributed by atoms with van der Waals surface area (Å²) in [6.45, 7) is 4.03. The molecular weight excluding hydrogens is 336 g/mol. The predicted octanol–water partition coefficient (Wildman–Crippen LogP) is 2.75. The maximum Gasteiger partial charge on any atom is 0.239 e. The normalized spacial score (nSPS) is 10.4. The van der Waals surface area contributed by atoms with Gasteiger partial charge in [0.1, 0.15) is 11.1 Å². The summed E-state index contributed by atoms with van der Waals surface area (Å²) >= 11 is 1.30. The average Bonchev–Trinajstić information content (AvgIpc) is 2.97. The number of nitriles is 1. The fourth-order valence-electron chi connectivity index (χ4n) is 2.40. The molecule has 0 saturated heterocycles. The molecule has 25 heavy (non-hydrogen) atoms. The van der Waals surface area contributed by atoms with E-state index in [1.165, 1.54) is 11.3 Å². The third-order valence-electron chi connectivity index (χ3n) is 3.61. The van der Waals surface area contributed by atoms with Crippen molar-refractivity contribution in [2.75, 3.05) is 30.8 Å². The lowest BCUT2D eigenvalue weighted by Crippen LogP contribution is -2.36. The molecule has 0 aliphatic rings. The molecule has 0 spiro atoms. The fraction of sp³-hybridized carbons (Fsp3) is 0.278. The summed E-state index contributed by atoms with van der Waals surface area (Å²) in [5, 5.41) is 16.8. The molecule has 0 fully saturated rings. The van der Waals surface area contributed by atoms with Crippen LogP contribution in [0, 0.1) is 25.2 Å². The van der Waals surface area contributed by atoms with E-state index in [4.69, 9.17) is 5.26 Å². The second kappa shape index (κ2) is 8.42. The van der Waals surface area contributed by atoms with Gasteiger partial charge in [0, 0.05) is 5.69 Å². The molecule has 2 rings (SSSR count). The van der Waals surface area contributed by atoms with Crippen molar-refractivity contribution in [3.8, 4) is 6.07 Å². The molecule has 0 aliphatic carbocycles. The lowest BCUT2D eigenvalue weighted by molar-refractivity contribution is -0.119. The summed E-state index contributed by atoms with van der Waals surface area (Å²) < 4.78 is 0. The Hall–Kier alpha value is -2.69. The number of hydrogen-bond acceptors (Lipinski definition) is 5. The van der Waals surface area contributed by atoms with Crippen LogP contribution in [0.25, 0.3) is 0 Å². The van der Waals surface area contributed by atoms with Crippen LogP contribution >= 0.6 is 11.3 Å². The van der Waals surface area contributed by atoms with Gasteiger partial charge < -0.3 is 10.6 Å². The Bertz CT molecular complexity index is 802. The molecule has 7 heteroatoms. The number of nitrogens with zero attached hydrogens (tertiary/aromatic N) is 2. The van der Waals surface area contributed by atoms with E-state index in [-0.39, 0.29) is 24.9 Å². The van der Waals surface area contributed by atoms with Crippen LogP contribution in [-0.4, -0.2) is 36.9 Å². The molecule has 0 bridgehead atoms. The Morgan fingerprint density at radius 2 is 1.72 bits per heavy atom. The first-order valence-corrected chi connectivity index (χ1v) is 8.60. The maximum atomic E-state index is 12.2. The first-order valence-electron chi connectivity index (χ1n) is 7.72. The summed E-state index contributed by atoms with van der Waals surface area (Å²) in [5.41, 5.74) is 3.24. The van der Waals surface area contributed by atoms with E-state index in [0.29, 0.717) is 10.6 Å². The van der Waals surface area contributed by atoms with E-state index >= 15 is 0 Å². The zero-order chi connectivity index (χ0) is 18.4. The van der Waals surface area contributed by atoms with Crippen molar-refractivity contribution in [2.45, 2.75) is 13.8 Å². The Balaban J connectivity index is 1.87. The Kier molecular flexibility index (Phi) is 6.28. The van der Waals surface area contributed by atoms with Crippen LogP contribution in [0.2, 0.25) is 0 Å². The van der Waals surface area contributed by atoms with Gasteiger partial charge >= 0.3 is 0 Å². The van der Waals surface area contributed by atoms with Crippen molar-refractivity contribution in [1.29, 1.82) is 5.26 Å². The highest BCUT2D eigenvalue weighted by Gasteiger charge is 2.14. The van der Waals surface area contributed by atoms with Gasteiger partial charge in [-0.25, -0.2) is 0 Å². The van der Waals surface area contributed by atoms with Gasteiger partial charge in [0.15, 0.2) is 0 Å². The zero-order valence-electron chi connectivity index (χ0n) is 14.4. The van der Waals surface area contributed by atoms with Gasteiger partial charge in [-0.3, -0.25) is 14.5 Å². The number of nitrogens with one attached hydrogen (secondary N) is 2. The van der Waals surface area contributed by atoms with Crippen LogP contribution in [0.3, 0.4) is 0 Å². The third kappa shape index (κ3) is 5.14. The first-order chi connectivity index (χ1) is 11.9. The SMILES string of the molecule is Cc1cccc(C)c1NC(=O)CN(C)CC(=O)Nc1sccc1C#N. The Morgan fingerprint density at radius 1 is 1.12 bits per heavy atom. The van der Waals surface area contributed by atoms with Crippen molar-refractivity contribution in [3.05, 3.63) is 46.3 Å². The lowest BCUT2D eigenvalue weighted by Gasteiger charge is -2.17. The number of amides is 2. The Morgan fingerprint density at radius 3 is 2.32 bits per heavy atom. The van der Waals surface area contributed by atoms with Crippen LogP contribution in [0.5, 0.6) is 0 Å². The van der Waals surface area contributed by atoms with Gasteiger partial charge in [-0.2, -0.15) is 5.26 Å². The number of thiophene rings is 1. The molecule has 2 aromatic rings. The summed E-state index contributed by atoms with van der Waals surface area (Å²) in [5.74, 6) is -0.442. The quantitative estimate of drug-likeness (QED) is 0.833. The fourth-order valence-corrected chi connectivity index (χ4v) is 3.15. The molecule has 1 aromatic carbocycles. The van der Waals surface area contributed by atoms with E-state index in [9.17, 15) is 9.59 Å². The van der Waals surface area contributed by atoms with Crippen LogP contribution in [-0.2, 0) is 9.59 Å². The van der Waals surface area contributed by atoms with Crippen molar-refractivity contribution in [3.63, 3.8) is 0 Å². The van der Waals surface area contributed by atoms with Crippen molar-refractivity contribution in [1.82, 2.24) is 4.90 Å². The zero-order valence-corrected chi connectivity index (χ0v) is 15.2. The van der Waals surface area contributed by atoms with E-state index < -0.39 is 0 Å². The average molecular weight is 356 g/mol. The molecule has 1 aromatic heterocycles. The molecule has 1 heterocycles. The highest BCUT2D eigenvalue weighted by atomic mass is 32.1. The number of benzene rings is 1. The third-order valence-corrected chi connectivity index (χ3v) is 4.44.